The fourth-order valence-electron chi connectivity index (χ4n) is 8.06. The molecule has 1 unspecified atom stereocenters. The van der Waals surface area contributed by atoms with E-state index in [1.54, 1.807) is 11.8 Å². The van der Waals surface area contributed by atoms with E-state index in [1.807, 2.05) is 35.5 Å². The first-order valence-electron chi connectivity index (χ1n) is 19.3. The number of hydrogen-bond acceptors (Lipinski definition) is 7. The average molecular weight is 743 g/mol. The van der Waals surface area contributed by atoms with Crippen LogP contribution in [0.15, 0.2) is 91.3 Å². The number of hydrogen-bond donors (Lipinski definition) is 3. The Bertz CT molecular complexity index is 2070. The standard InChI is InChI=1S/C43H50N8O4/c1-5-49(6-2)38(33-12-8-7-9-13-33)42(53)51-25-11-15-37(51)40-45-27-35(48-40)32-22-18-30(19-23-32)29-16-20-31(21-17-29)34-26-44-39(47-34)36-14-10-24-50(36)41(52)28(3)46-43(54)55-4/h7-9,12-13,16-23,26-28,36-38H,5-6,10-11,14-15,24-25H2,1-4H3,(H,44,47)(H,45,48)(H,46,54)/t28?,36-,37-,38+/m0/s1. The first kappa shape index (κ1) is 37.6. The van der Waals surface area contributed by atoms with Crippen molar-refractivity contribution in [3.05, 3.63) is 108 Å². The molecule has 2 saturated heterocycles. The first-order valence-corrected chi connectivity index (χ1v) is 19.3. The number of carbonyl (C=O) groups excluding carboxylic acids is 3. The van der Waals surface area contributed by atoms with Crippen LogP contribution in [0, 0.1) is 0 Å². The third-order valence-electron chi connectivity index (χ3n) is 11.0. The Morgan fingerprint density at radius 2 is 1.22 bits per heavy atom. The van der Waals surface area contributed by atoms with E-state index in [-0.39, 0.29) is 29.9 Å². The zero-order chi connectivity index (χ0) is 38.5. The average Bonchev–Trinajstić information content (AvgIpc) is 4.07. The van der Waals surface area contributed by atoms with Crippen molar-refractivity contribution < 1.29 is 19.1 Å². The maximum atomic E-state index is 14.2. The van der Waals surface area contributed by atoms with Gasteiger partial charge >= 0.3 is 6.09 Å². The van der Waals surface area contributed by atoms with Crippen molar-refractivity contribution in [2.45, 2.75) is 70.6 Å². The van der Waals surface area contributed by atoms with Crippen LogP contribution >= 0.6 is 0 Å². The Morgan fingerprint density at radius 1 is 0.745 bits per heavy atom. The Labute approximate surface area is 322 Å². The number of amides is 3. The van der Waals surface area contributed by atoms with E-state index in [2.05, 4.69) is 104 Å². The number of alkyl carbamates (subject to hydrolysis) is 1. The number of H-pyrrole nitrogens is 2. The molecule has 0 bridgehead atoms. The van der Waals surface area contributed by atoms with E-state index in [9.17, 15) is 14.4 Å². The molecule has 2 aliphatic rings. The number of imidazole rings is 2. The molecule has 0 radical (unpaired) electrons. The number of aromatic amines is 2. The molecule has 2 aliphatic heterocycles. The molecular weight excluding hydrogens is 693 g/mol. The molecule has 286 valence electrons. The second-order valence-electron chi connectivity index (χ2n) is 14.3. The Balaban J connectivity index is 1.01. The molecule has 55 heavy (non-hydrogen) atoms. The quantitative estimate of drug-likeness (QED) is 0.122. The summed E-state index contributed by atoms with van der Waals surface area (Å²) in [7, 11) is 1.28. The van der Waals surface area contributed by atoms with Gasteiger partial charge in [-0.2, -0.15) is 0 Å². The molecule has 0 spiro atoms. The lowest BCUT2D eigenvalue weighted by Gasteiger charge is -2.34. The van der Waals surface area contributed by atoms with Gasteiger partial charge in [0.2, 0.25) is 11.8 Å². The summed E-state index contributed by atoms with van der Waals surface area (Å²) in [5.41, 5.74) is 7.01. The fourth-order valence-corrected chi connectivity index (χ4v) is 8.06. The van der Waals surface area contributed by atoms with Gasteiger partial charge in [-0.1, -0.05) is 92.7 Å². The van der Waals surface area contributed by atoms with E-state index in [1.165, 1.54) is 7.11 Å². The van der Waals surface area contributed by atoms with Crippen LogP contribution in [-0.2, 0) is 14.3 Å². The molecule has 12 heteroatoms. The summed E-state index contributed by atoms with van der Waals surface area (Å²) in [5, 5.41) is 2.57. The highest BCUT2D eigenvalue weighted by Crippen LogP contribution is 2.36. The molecule has 3 N–H and O–H groups in total. The van der Waals surface area contributed by atoms with Gasteiger partial charge in [0, 0.05) is 13.1 Å². The van der Waals surface area contributed by atoms with Crippen molar-refractivity contribution in [1.29, 1.82) is 0 Å². The zero-order valence-electron chi connectivity index (χ0n) is 32.0. The normalized spacial score (nSPS) is 18.1. The van der Waals surface area contributed by atoms with Crippen molar-refractivity contribution in [1.82, 2.24) is 40.0 Å². The lowest BCUT2D eigenvalue weighted by molar-refractivity contribution is -0.138. The summed E-state index contributed by atoms with van der Waals surface area (Å²) in [5.74, 6) is 1.53. The van der Waals surface area contributed by atoms with Gasteiger partial charge in [-0.05, 0) is 73.5 Å². The van der Waals surface area contributed by atoms with Gasteiger partial charge < -0.3 is 29.8 Å². The predicted octanol–water partition coefficient (Wildman–Crippen LogP) is 7.29. The molecule has 4 atom stereocenters. The van der Waals surface area contributed by atoms with Gasteiger partial charge in [-0.3, -0.25) is 14.5 Å². The van der Waals surface area contributed by atoms with E-state index in [0.29, 0.717) is 6.54 Å². The Hall–Kier alpha value is -5.75. The fraction of sp³-hybridized carbons (Fsp3) is 0.372. The minimum atomic E-state index is -0.697. The van der Waals surface area contributed by atoms with Crippen molar-refractivity contribution in [3.8, 4) is 33.6 Å². The van der Waals surface area contributed by atoms with Crippen LogP contribution in [0.2, 0.25) is 0 Å². The highest BCUT2D eigenvalue weighted by Gasteiger charge is 2.38. The molecule has 2 fully saturated rings. The van der Waals surface area contributed by atoms with E-state index >= 15 is 0 Å². The van der Waals surface area contributed by atoms with Gasteiger partial charge in [0.15, 0.2) is 0 Å². The van der Waals surface area contributed by atoms with Crippen LogP contribution < -0.4 is 5.32 Å². The Morgan fingerprint density at radius 3 is 1.69 bits per heavy atom. The summed E-state index contributed by atoms with van der Waals surface area (Å²) in [6, 6.07) is 25.6. The van der Waals surface area contributed by atoms with Gasteiger partial charge in [0.1, 0.15) is 23.7 Å². The van der Waals surface area contributed by atoms with Crippen molar-refractivity contribution >= 4 is 17.9 Å². The molecule has 0 aliphatic carbocycles. The number of carbonyl (C=O) groups is 3. The predicted molar refractivity (Wildman–Crippen MR) is 212 cm³/mol. The molecule has 4 heterocycles. The van der Waals surface area contributed by atoms with Crippen LogP contribution in [0.4, 0.5) is 4.79 Å². The molecule has 5 aromatic rings. The minimum Gasteiger partial charge on any atom is -0.453 e. The van der Waals surface area contributed by atoms with E-state index in [0.717, 1.165) is 96.2 Å². The summed E-state index contributed by atoms with van der Waals surface area (Å²) >= 11 is 0. The number of aromatic nitrogens is 4. The van der Waals surface area contributed by atoms with Crippen molar-refractivity contribution in [3.63, 3.8) is 0 Å². The van der Waals surface area contributed by atoms with E-state index < -0.39 is 12.1 Å². The number of ether oxygens (including phenoxy) is 1. The molecule has 2 aromatic heterocycles. The minimum absolute atomic E-state index is 0.0922. The number of nitrogens with zero attached hydrogens (tertiary/aromatic N) is 5. The number of likely N-dealkylation sites (tertiary alicyclic amines) is 2. The molecular formula is C43H50N8O4. The number of methoxy groups -OCH3 is 1. The van der Waals surface area contributed by atoms with Crippen LogP contribution in [-0.4, -0.2) is 91.9 Å². The van der Waals surface area contributed by atoms with Crippen LogP contribution in [0.1, 0.15) is 81.8 Å². The maximum Gasteiger partial charge on any atom is 0.407 e. The molecule has 12 nitrogen and oxygen atoms in total. The second-order valence-corrected chi connectivity index (χ2v) is 14.3. The second kappa shape index (κ2) is 16.7. The summed E-state index contributed by atoms with van der Waals surface area (Å²) < 4.78 is 4.66. The van der Waals surface area contributed by atoms with Gasteiger partial charge in [-0.25, -0.2) is 14.8 Å². The summed E-state index contributed by atoms with van der Waals surface area (Å²) in [4.78, 5) is 61.4. The highest BCUT2D eigenvalue weighted by molar-refractivity contribution is 5.86. The highest BCUT2D eigenvalue weighted by atomic mass is 16.5. The van der Waals surface area contributed by atoms with Crippen LogP contribution in [0.25, 0.3) is 33.6 Å². The molecule has 7 rings (SSSR count). The van der Waals surface area contributed by atoms with Gasteiger partial charge in [-0.15, -0.1) is 0 Å². The first-order chi connectivity index (χ1) is 26.8. The summed E-state index contributed by atoms with van der Waals surface area (Å²) in [6.45, 7) is 8.79. The molecule has 0 saturated carbocycles. The zero-order valence-corrected chi connectivity index (χ0v) is 32.0. The van der Waals surface area contributed by atoms with Crippen LogP contribution in [0.5, 0.6) is 0 Å². The number of likely N-dealkylation sites (N-methyl/N-ethyl adjacent to an activating group) is 1. The topological polar surface area (TPSA) is 140 Å². The molecule has 3 aromatic carbocycles. The number of nitrogens with one attached hydrogen (secondary N) is 3. The Kier molecular flexibility index (Phi) is 11.4. The maximum absolute atomic E-state index is 14.2. The molecule has 3 amide bonds. The number of rotatable bonds is 12. The summed E-state index contributed by atoms with van der Waals surface area (Å²) in [6.07, 6.45) is 6.52. The van der Waals surface area contributed by atoms with Crippen LogP contribution in [0.3, 0.4) is 0 Å². The SMILES string of the molecule is CCN(CC)[C@@H](C(=O)N1CCC[C@H]1c1ncc(-c2ccc(-c3ccc(-c4cnc([C@@H]5CCCN5C(=O)C(C)NC(=O)OC)[nH]4)cc3)cc2)[nH]1)c1ccccc1. The number of benzene rings is 3. The third kappa shape index (κ3) is 7.91. The largest absolute Gasteiger partial charge is 0.453 e. The van der Waals surface area contributed by atoms with Gasteiger partial charge in [0.05, 0.1) is 43.0 Å². The van der Waals surface area contributed by atoms with Crippen molar-refractivity contribution in [2.75, 3.05) is 33.3 Å². The van der Waals surface area contributed by atoms with E-state index in [4.69, 9.17) is 4.98 Å². The monoisotopic (exact) mass is 742 g/mol. The third-order valence-corrected chi connectivity index (χ3v) is 11.0. The smallest absolute Gasteiger partial charge is 0.407 e. The lowest BCUT2D eigenvalue weighted by atomic mass is 10.0. The lowest BCUT2D eigenvalue weighted by Crippen LogP contribution is -2.46. The van der Waals surface area contributed by atoms with Crippen molar-refractivity contribution in [2.24, 2.45) is 0 Å². The van der Waals surface area contributed by atoms with Gasteiger partial charge in [0.25, 0.3) is 0 Å².